The summed E-state index contributed by atoms with van der Waals surface area (Å²) in [5.74, 6) is 0.619. The molecule has 0 amide bonds. The first-order chi connectivity index (χ1) is 14.4. The van der Waals surface area contributed by atoms with Gasteiger partial charge in [0.15, 0.2) is 11.5 Å². The van der Waals surface area contributed by atoms with Crippen molar-refractivity contribution in [3.8, 4) is 11.5 Å². The quantitative estimate of drug-likeness (QED) is 0.410. The molecule has 0 bridgehead atoms. The van der Waals surface area contributed by atoms with Crippen LogP contribution in [0.5, 0.6) is 11.5 Å². The monoisotopic (exact) mass is 448 g/mol. The summed E-state index contributed by atoms with van der Waals surface area (Å²) < 4.78 is 48.5. The Kier molecular flexibility index (Phi) is 6.91. The topological polar surface area (TPSA) is 77.0 Å². The number of hydrogen-bond acceptors (Lipinski definition) is 5. The van der Waals surface area contributed by atoms with Gasteiger partial charge in [-0.1, -0.05) is 23.7 Å². The maximum absolute atomic E-state index is 13.0. The highest BCUT2D eigenvalue weighted by atomic mass is 35.5. The Morgan fingerprint density at radius 3 is 2.40 bits per heavy atom. The van der Waals surface area contributed by atoms with Crippen LogP contribution in [0.25, 0.3) is 0 Å². The fourth-order valence-electron chi connectivity index (χ4n) is 2.46. The molecule has 9 heteroatoms. The number of sulfonamides is 1. The van der Waals surface area contributed by atoms with Gasteiger partial charge in [0.2, 0.25) is 0 Å². The lowest BCUT2D eigenvalue weighted by molar-refractivity contribution is 0.284. The molecule has 6 nitrogen and oxygen atoms in total. The van der Waals surface area contributed by atoms with E-state index >= 15 is 0 Å². The van der Waals surface area contributed by atoms with E-state index in [9.17, 15) is 12.8 Å². The molecule has 0 fully saturated rings. The molecule has 0 heterocycles. The Labute approximate surface area is 179 Å². The number of halogens is 2. The fraction of sp³-hybridized carbons (Fsp3) is 0.0952. The van der Waals surface area contributed by atoms with Gasteiger partial charge >= 0.3 is 0 Å². The molecule has 0 spiro atoms. The second-order valence-corrected chi connectivity index (χ2v) is 8.23. The van der Waals surface area contributed by atoms with Gasteiger partial charge in [-0.25, -0.2) is 9.22 Å². The zero-order chi connectivity index (χ0) is 21.6. The first-order valence-electron chi connectivity index (χ1n) is 8.73. The third-order valence-corrected chi connectivity index (χ3v) is 5.50. The lowest BCUT2D eigenvalue weighted by Gasteiger charge is -2.11. The van der Waals surface area contributed by atoms with Crippen molar-refractivity contribution in [2.75, 3.05) is 7.11 Å². The first-order valence-corrected chi connectivity index (χ1v) is 10.6. The van der Waals surface area contributed by atoms with E-state index < -0.39 is 10.0 Å². The molecule has 0 radical (unpaired) electrons. The minimum atomic E-state index is -3.80. The highest BCUT2D eigenvalue weighted by molar-refractivity contribution is 7.89. The number of nitrogens with zero attached hydrogens (tertiary/aromatic N) is 1. The van der Waals surface area contributed by atoms with Crippen LogP contribution in [0.15, 0.2) is 76.7 Å². The molecule has 0 aliphatic rings. The molecule has 0 saturated carbocycles. The molecular formula is C21H18ClFN2O4S. The Morgan fingerprint density at radius 1 is 1.03 bits per heavy atom. The Hall–Kier alpha value is -3.10. The third kappa shape index (κ3) is 5.71. The average Bonchev–Trinajstić information content (AvgIpc) is 2.74. The van der Waals surface area contributed by atoms with Gasteiger partial charge in [-0.15, -0.1) is 0 Å². The summed E-state index contributed by atoms with van der Waals surface area (Å²) in [4.78, 5) is 2.19. The van der Waals surface area contributed by atoms with Gasteiger partial charge in [0.25, 0.3) is 10.0 Å². The molecule has 0 aliphatic carbocycles. The van der Waals surface area contributed by atoms with Crippen molar-refractivity contribution in [2.45, 2.75) is 11.5 Å². The summed E-state index contributed by atoms with van der Waals surface area (Å²) in [6.45, 7) is 0.241. The predicted molar refractivity (Wildman–Crippen MR) is 113 cm³/mol. The SMILES string of the molecule is COc1cc(/C=N/NS(=O)(=O)c2ccc(Cl)cc2)ccc1OCc1ccc(F)cc1. The molecule has 3 aromatic carbocycles. The summed E-state index contributed by atoms with van der Waals surface area (Å²) in [5, 5.41) is 4.23. The second kappa shape index (κ2) is 9.60. The van der Waals surface area contributed by atoms with E-state index in [2.05, 4.69) is 9.93 Å². The number of hydrazone groups is 1. The molecule has 1 N–H and O–H groups in total. The molecule has 0 aliphatic heterocycles. The minimum absolute atomic E-state index is 0.0474. The van der Waals surface area contributed by atoms with Gasteiger partial charge in [-0.2, -0.15) is 13.5 Å². The highest BCUT2D eigenvalue weighted by Gasteiger charge is 2.12. The molecule has 0 saturated heterocycles. The van der Waals surface area contributed by atoms with Gasteiger partial charge in [0.05, 0.1) is 18.2 Å². The maximum Gasteiger partial charge on any atom is 0.276 e. The smallest absolute Gasteiger partial charge is 0.276 e. The number of ether oxygens (including phenoxy) is 2. The van der Waals surface area contributed by atoms with E-state index in [1.165, 1.54) is 49.7 Å². The first kappa shape index (κ1) is 21.6. The second-order valence-electron chi connectivity index (χ2n) is 6.13. The molecule has 0 unspecified atom stereocenters. The molecule has 156 valence electrons. The Bertz CT molecular complexity index is 1130. The Balaban J connectivity index is 1.66. The molecule has 3 rings (SSSR count). The predicted octanol–water partition coefficient (Wildman–Crippen LogP) is 4.38. The van der Waals surface area contributed by atoms with Crippen LogP contribution in [0.2, 0.25) is 5.02 Å². The lowest BCUT2D eigenvalue weighted by atomic mass is 10.2. The summed E-state index contributed by atoms with van der Waals surface area (Å²) in [7, 11) is -2.31. The van der Waals surface area contributed by atoms with Crippen LogP contribution < -0.4 is 14.3 Å². The summed E-state index contributed by atoms with van der Waals surface area (Å²) in [6.07, 6.45) is 1.35. The number of benzene rings is 3. The van der Waals surface area contributed by atoms with Gasteiger partial charge < -0.3 is 9.47 Å². The van der Waals surface area contributed by atoms with E-state index in [4.69, 9.17) is 21.1 Å². The van der Waals surface area contributed by atoms with Crippen molar-refractivity contribution in [2.24, 2.45) is 5.10 Å². The fourth-order valence-corrected chi connectivity index (χ4v) is 3.38. The van der Waals surface area contributed by atoms with Crippen molar-refractivity contribution in [3.63, 3.8) is 0 Å². The zero-order valence-corrected chi connectivity index (χ0v) is 17.5. The van der Waals surface area contributed by atoms with Crippen LogP contribution >= 0.6 is 11.6 Å². The average molecular weight is 449 g/mol. The van der Waals surface area contributed by atoms with Crippen LogP contribution in [0.4, 0.5) is 4.39 Å². The van der Waals surface area contributed by atoms with Gasteiger partial charge in [-0.3, -0.25) is 0 Å². The lowest BCUT2D eigenvalue weighted by Crippen LogP contribution is -2.18. The molecule has 3 aromatic rings. The van der Waals surface area contributed by atoms with Crippen LogP contribution in [-0.4, -0.2) is 21.7 Å². The summed E-state index contributed by atoms with van der Waals surface area (Å²) in [5.41, 5.74) is 1.40. The van der Waals surface area contributed by atoms with E-state index in [0.29, 0.717) is 22.1 Å². The van der Waals surface area contributed by atoms with Crippen molar-refractivity contribution >= 4 is 27.8 Å². The van der Waals surface area contributed by atoms with Crippen LogP contribution in [-0.2, 0) is 16.6 Å². The van der Waals surface area contributed by atoms with Gasteiger partial charge in [-0.05, 0) is 65.7 Å². The number of nitrogens with one attached hydrogen (secondary N) is 1. The van der Waals surface area contributed by atoms with Gasteiger partial charge in [0, 0.05) is 5.02 Å². The van der Waals surface area contributed by atoms with Crippen molar-refractivity contribution in [1.82, 2.24) is 4.83 Å². The van der Waals surface area contributed by atoms with Crippen LogP contribution in [0.1, 0.15) is 11.1 Å². The molecule has 30 heavy (non-hydrogen) atoms. The summed E-state index contributed by atoms with van der Waals surface area (Å²) >= 11 is 5.77. The molecule has 0 aromatic heterocycles. The van der Waals surface area contributed by atoms with Crippen molar-refractivity contribution in [3.05, 3.63) is 88.7 Å². The largest absolute Gasteiger partial charge is 0.493 e. The molecular weight excluding hydrogens is 431 g/mol. The van der Waals surface area contributed by atoms with Crippen LogP contribution in [0, 0.1) is 5.82 Å². The van der Waals surface area contributed by atoms with E-state index in [0.717, 1.165) is 5.56 Å². The van der Waals surface area contributed by atoms with Crippen molar-refractivity contribution in [1.29, 1.82) is 0 Å². The van der Waals surface area contributed by atoms with Crippen molar-refractivity contribution < 1.29 is 22.3 Å². The number of methoxy groups -OCH3 is 1. The minimum Gasteiger partial charge on any atom is -0.493 e. The Morgan fingerprint density at radius 2 is 1.73 bits per heavy atom. The van der Waals surface area contributed by atoms with Gasteiger partial charge in [0.1, 0.15) is 12.4 Å². The van der Waals surface area contributed by atoms with Crippen LogP contribution in [0.3, 0.4) is 0 Å². The highest BCUT2D eigenvalue weighted by Crippen LogP contribution is 2.28. The van der Waals surface area contributed by atoms with E-state index in [1.54, 1.807) is 30.3 Å². The van der Waals surface area contributed by atoms with E-state index in [1.807, 2.05) is 0 Å². The normalized spacial score (nSPS) is 11.4. The van der Waals surface area contributed by atoms with E-state index in [-0.39, 0.29) is 17.3 Å². The number of hydrogen-bond donors (Lipinski definition) is 1. The maximum atomic E-state index is 13.0. The summed E-state index contributed by atoms with van der Waals surface area (Å²) in [6, 6.07) is 16.8. The third-order valence-electron chi connectivity index (χ3n) is 4.01. The zero-order valence-electron chi connectivity index (χ0n) is 15.9. The number of rotatable bonds is 8. The standard InChI is InChI=1S/C21H18ClFN2O4S/c1-28-21-12-16(4-11-20(21)29-14-15-2-7-18(23)8-3-15)13-24-25-30(26,27)19-9-5-17(22)6-10-19/h2-13,25H,14H2,1H3/b24-13+. The molecule has 0 atom stereocenters.